The number of nitro groups is 1. The third-order valence-corrected chi connectivity index (χ3v) is 4.39. The third-order valence-electron chi connectivity index (χ3n) is 4.39. The summed E-state index contributed by atoms with van der Waals surface area (Å²) in [6.07, 6.45) is 3.56. The number of amides is 1. The summed E-state index contributed by atoms with van der Waals surface area (Å²) in [5.74, 6) is -0.240. The first kappa shape index (κ1) is 24.0. The molecule has 0 atom stereocenters. The SMILES string of the molecule is COc1cc(C(=O)C=CN(C)C)c([N+](=O)[O-])cc1OCC1(NC(=O)OC(C)(C)C)CC1. The normalized spacial score (nSPS) is 14.6. The minimum Gasteiger partial charge on any atom is -0.493 e. The van der Waals surface area contributed by atoms with Gasteiger partial charge in [0.1, 0.15) is 17.8 Å². The zero-order valence-electron chi connectivity index (χ0n) is 18.7. The molecule has 10 heteroatoms. The molecule has 10 nitrogen and oxygen atoms in total. The van der Waals surface area contributed by atoms with Gasteiger partial charge in [-0.15, -0.1) is 0 Å². The number of nitrogens with zero attached hydrogens (tertiary/aromatic N) is 2. The molecule has 0 saturated heterocycles. The van der Waals surface area contributed by atoms with Crippen molar-refractivity contribution in [3.63, 3.8) is 0 Å². The highest BCUT2D eigenvalue weighted by Crippen LogP contribution is 2.40. The fourth-order valence-corrected chi connectivity index (χ4v) is 2.67. The van der Waals surface area contributed by atoms with Crippen molar-refractivity contribution in [3.8, 4) is 11.5 Å². The number of rotatable bonds is 9. The predicted molar refractivity (Wildman–Crippen MR) is 114 cm³/mol. The van der Waals surface area contributed by atoms with Gasteiger partial charge in [0.05, 0.1) is 23.6 Å². The molecule has 2 rings (SSSR count). The molecule has 1 amide bonds. The number of nitrogens with one attached hydrogen (secondary N) is 1. The number of ketones is 1. The number of nitro benzene ring substituents is 1. The van der Waals surface area contributed by atoms with Crippen molar-refractivity contribution in [1.82, 2.24) is 10.2 Å². The molecule has 0 heterocycles. The Morgan fingerprint density at radius 2 is 1.90 bits per heavy atom. The van der Waals surface area contributed by atoms with E-state index >= 15 is 0 Å². The average Bonchev–Trinajstić information content (AvgIpc) is 3.41. The lowest BCUT2D eigenvalue weighted by atomic mass is 10.1. The van der Waals surface area contributed by atoms with E-state index in [1.807, 2.05) is 0 Å². The molecule has 0 aromatic heterocycles. The number of carbonyl (C=O) groups excluding carboxylic acids is 2. The zero-order valence-corrected chi connectivity index (χ0v) is 18.7. The number of hydrogen-bond donors (Lipinski definition) is 1. The lowest BCUT2D eigenvalue weighted by Gasteiger charge is -2.23. The fraction of sp³-hybridized carbons (Fsp3) is 0.524. The molecular weight excluding hydrogens is 406 g/mol. The predicted octanol–water partition coefficient (Wildman–Crippen LogP) is 3.30. The van der Waals surface area contributed by atoms with Crippen molar-refractivity contribution in [2.75, 3.05) is 27.8 Å². The van der Waals surface area contributed by atoms with Gasteiger partial charge in [-0.1, -0.05) is 0 Å². The summed E-state index contributed by atoms with van der Waals surface area (Å²) in [5.41, 5.74) is -1.74. The van der Waals surface area contributed by atoms with Gasteiger partial charge in [0, 0.05) is 32.4 Å². The topological polar surface area (TPSA) is 120 Å². The lowest BCUT2D eigenvalue weighted by molar-refractivity contribution is -0.385. The maximum Gasteiger partial charge on any atom is 0.408 e. The summed E-state index contributed by atoms with van der Waals surface area (Å²) in [5, 5.41) is 14.4. The second-order valence-corrected chi connectivity index (χ2v) is 8.62. The van der Waals surface area contributed by atoms with Crippen molar-refractivity contribution < 1.29 is 28.7 Å². The number of ether oxygens (including phenoxy) is 3. The number of allylic oxidation sites excluding steroid dienone is 1. The first-order chi connectivity index (χ1) is 14.4. The molecular formula is C21H29N3O7. The van der Waals surface area contributed by atoms with Gasteiger partial charge in [0.2, 0.25) is 0 Å². The maximum atomic E-state index is 12.4. The summed E-state index contributed by atoms with van der Waals surface area (Å²) < 4.78 is 16.3. The molecule has 0 radical (unpaired) electrons. The molecule has 1 N–H and O–H groups in total. The summed E-state index contributed by atoms with van der Waals surface area (Å²) in [7, 11) is 4.84. The molecule has 0 bridgehead atoms. The molecule has 1 aliphatic rings. The molecule has 1 aliphatic carbocycles. The highest BCUT2D eigenvalue weighted by molar-refractivity contribution is 6.07. The van der Waals surface area contributed by atoms with Gasteiger partial charge in [0.15, 0.2) is 17.3 Å². The Morgan fingerprint density at radius 3 is 2.39 bits per heavy atom. The summed E-state index contributed by atoms with van der Waals surface area (Å²) in [4.78, 5) is 37.1. The third kappa shape index (κ3) is 6.87. The van der Waals surface area contributed by atoms with Crippen molar-refractivity contribution in [2.45, 2.75) is 44.8 Å². The number of hydrogen-bond acceptors (Lipinski definition) is 8. The van der Waals surface area contributed by atoms with Crippen LogP contribution in [0.4, 0.5) is 10.5 Å². The monoisotopic (exact) mass is 435 g/mol. The summed E-state index contributed by atoms with van der Waals surface area (Å²) in [6, 6.07) is 2.45. The Bertz CT molecular complexity index is 884. The molecule has 1 saturated carbocycles. The first-order valence-electron chi connectivity index (χ1n) is 9.75. The van der Waals surface area contributed by atoms with Crippen molar-refractivity contribution >= 4 is 17.6 Å². The van der Waals surface area contributed by atoms with E-state index in [-0.39, 0.29) is 23.7 Å². The van der Waals surface area contributed by atoms with E-state index in [2.05, 4.69) is 5.32 Å². The van der Waals surface area contributed by atoms with Crippen LogP contribution in [0.1, 0.15) is 44.0 Å². The quantitative estimate of drug-likeness (QED) is 0.271. The Hall–Kier alpha value is -3.30. The summed E-state index contributed by atoms with van der Waals surface area (Å²) in [6.45, 7) is 5.38. The van der Waals surface area contributed by atoms with Crippen molar-refractivity contribution in [2.24, 2.45) is 0 Å². The Morgan fingerprint density at radius 1 is 1.26 bits per heavy atom. The van der Waals surface area contributed by atoms with Crippen LogP contribution in [0, 0.1) is 10.1 Å². The van der Waals surface area contributed by atoms with Gasteiger partial charge in [-0.2, -0.15) is 0 Å². The van der Waals surface area contributed by atoms with E-state index in [1.165, 1.54) is 31.5 Å². The summed E-state index contributed by atoms with van der Waals surface area (Å²) >= 11 is 0. The molecule has 1 aromatic carbocycles. The smallest absolute Gasteiger partial charge is 0.408 e. The standard InChI is InChI=1S/C21H29N3O7/c1-20(2,3)31-19(26)22-21(8-9-21)13-30-18-12-15(24(27)28)14(11-17(18)29-6)16(25)7-10-23(4)5/h7,10-12H,8-9,13H2,1-6H3,(H,22,26). The highest BCUT2D eigenvalue weighted by atomic mass is 16.6. The maximum absolute atomic E-state index is 12.4. The second kappa shape index (κ2) is 9.23. The van der Waals surface area contributed by atoms with Crippen molar-refractivity contribution in [3.05, 3.63) is 40.1 Å². The number of alkyl carbamates (subject to hydrolysis) is 1. The van der Waals surface area contributed by atoms with Gasteiger partial charge in [-0.05, 0) is 33.6 Å². The van der Waals surface area contributed by atoms with Gasteiger partial charge < -0.3 is 24.4 Å². The largest absolute Gasteiger partial charge is 0.493 e. The van der Waals surface area contributed by atoms with E-state index < -0.39 is 33.6 Å². The number of benzene rings is 1. The molecule has 0 spiro atoms. The van der Waals surface area contributed by atoms with E-state index in [4.69, 9.17) is 14.2 Å². The number of methoxy groups -OCH3 is 1. The van der Waals surface area contributed by atoms with Crippen LogP contribution in [-0.4, -0.2) is 60.7 Å². The van der Waals surface area contributed by atoms with Crippen LogP contribution in [0.3, 0.4) is 0 Å². The molecule has 31 heavy (non-hydrogen) atoms. The van der Waals surface area contributed by atoms with Crippen LogP contribution < -0.4 is 14.8 Å². The van der Waals surface area contributed by atoms with Crippen LogP contribution in [0.25, 0.3) is 0 Å². The van der Waals surface area contributed by atoms with Crippen LogP contribution >= 0.6 is 0 Å². The molecule has 1 fully saturated rings. The molecule has 0 aliphatic heterocycles. The Balaban J connectivity index is 2.21. The van der Waals surface area contributed by atoms with Crippen LogP contribution in [0.2, 0.25) is 0 Å². The van der Waals surface area contributed by atoms with Gasteiger partial charge >= 0.3 is 6.09 Å². The van der Waals surface area contributed by atoms with Crippen LogP contribution in [0.15, 0.2) is 24.4 Å². The molecule has 170 valence electrons. The minimum absolute atomic E-state index is 0.0770. The van der Waals surface area contributed by atoms with Gasteiger partial charge in [-0.3, -0.25) is 14.9 Å². The highest BCUT2D eigenvalue weighted by Gasteiger charge is 2.46. The minimum atomic E-state index is -0.644. The second-order valence-electron chi connectivity index (χ2n) is 8.62. The van der Waals surface area contributed by atoms with Crippen LogP contribution in [0.5, 0.6) is 11.5 Å². The zero-order chi connectivity index (χ0) is 23.4. The first-order valence-corrected chi connectivity index (χ1v) is 9.75. The van der Waals surface area contributed by atoms with Gasteiger partial charge in [-0.25, -0.2) is 4.79 Å². The number of carbonyl (C=O) groups is 2. The van der Waals surface area contributed by atoms with E-state index in [9.17, 15) is 19.7 Å². The van der Waals surface area contributed by atoms with Crippen molar-refractivity contribution in [1.29, 1.82) is 0 Å². The van der Waals surface area contributed by atoms with E-state index in [1.54, 1.807) is 39.8 Å². The molecule has 0 unspecified atom stereocenters. The molecule has 1 aromatic rings. The van der Waals surface area contributed by atoms with Gasteiger partial charge in [0.25, 0.3) is 5.69 Å². The fourth-order valence-electron chi connectivity index (χ4n) is 2.67. The van der Waals surface area contributed by atoms with E-state index in [0.717, 1.165) is 0 Å². The lowest BCUT2D eigenvalue weighted by Crippen LogP contribution is -2.44. The van der Waals surface area contributed by atoms with Crippen LogP contribution in [-0.2, 0) is 4.74 Å². The van der Waals surface area contributed by atoms with E-state index in [0.29, 0.717) is 12.8 Å². The Kier molecular flexibility index (Phi) is 7.14. The average molecular weight is 435 g/mol. The Labute approximate surface area is 181 Å².